The van der Waals surface area contributed by atoms with Crippen LogP contribution < -0.4 is 0 Å². The van der Waals surface area contributed by atoms with E-state index in [1.165, 1.54) is 18.1 Å². The summed E-state index contributed by atoms with van der Waals surface area (Å²) in [6.07, 6.45) is 0. The SMILES string of the molecule is CC[Si](Cl)(CC)CC(C)(C)C. The van der Waals surface area contributed by atoms with Gasteiger partial charge in [0.05, 0.1) is 0 Å². The molecule has 0 aliphatic heterocycles. The van der Waals surface area contributed by atoms with Crippen LogP contribution in [0.4, 0.5) is 0 Å². The third-order valence-electron chi connectivity index (χ3n) is 2.11. The molecule has 0 nitrogen and oxygen atoms in total. The minimum atomic E-state index is -1.36. The van der Waals surface area contributed by atoms with Crippen molar-refractivity contribution in [3.63, 3.8) is 0 Å². The first-order chi connectivity index (χ1) is 4.83. The summed E-state index contributed by atoms with van der Waals surface area (Å²) in [6.45, 7) is 11.3. The fourth-order valence-corrected chi connectivity index (χ4v) is 5.55. The summed E-state index contributed by atoms with van der Waals surface area (Å²) in [7, 11) is -1.36. The van der Waals surface area contributed by atoms with E-state index in [4.69, 9.17) is 11.1 Å². The Balaban J connectivity index is 4.08. The van der Waals surface area contributed by atoms with Gasteiger partial charge in [0.1, 0.15) is 0 Å². The zero-order valence-corrected chi connectivity index (χ0v) is 10.3. The highest BCUT2D eigenvalue weighted by molar-refractivity contribution is 7.20. The van der Waals surface area contributed by atoms with Crippen molar-refractivity contribution >= 4 is 18.5 Å². The summed E-state index contributed by atoms with van der Waals surface area (Å²) >= 11 is 6.53. The number of hydrogen-bond donors (Lipinski definition) is 0. The van der Waals surface area contributed by atoms with Crippen molar-refractivity contribution in [3.05, 3.63) is 0 Å². The quantitative estimate of drug-likeness (QED) is 0.463. The Bertz CT molecular complexity index is 111. The van der Waals surface area contributed by atoms with Crippen LogP contribution in [0, 0.1) is 5.41 Å². The van der Waals surface area contributed by atoms with E-state index < -0.39 is 7.38 Å². The molecule has 0 spiro atoms. The number of rotatable bonds is 3. The molecule has 0 bridgehead atoms. The molecule has 0 aromatic carbocycles. The molecule has 0 N–H and O–H groups in total. The van der Waals surface area contributed by atoms with Crippen molar-refractivity contribution in [2.24, 2.45) is 5.41 Å². The third-order valence-corrected chi connectivity index (χ3v) is 8.35. The lowest BCUT2D eigenvalue weighted by Crippen LogP contribution is -2.30. The van der Waals surface area contributed by atoms with Gasteiger partial charge in [-0.15, -0.1) is 0 Å². The Labute approximate surface area is 77.0 Å². The molecule has 0 rings (SSSR count). The smallest absolute Gasteiger partial charge is 0.156 e. The monoisotopic (exact) mass is 192 g/mol. The standard InChI is InChI=1S/C9H21ClSi/c1-6-11(10,7-2)8-9(3,4)5/h6-8H2,1-5H3. The maximum Gasteiger partial charge on any atom is 0.156 e. The Hall–Kier alpha value is 0.507. The van der Waals surface area contributed by atoms with E-state index in [0.717, 1.165) is 0 Å². The van der Waals surface area contributed by atoms with Crippen LogP contribution in [-0.2, 0) is 0 Å². The molecule has 0 fully saturated rings. The molecule has 0 aliphatic carbocycles. The van der Waals surface area contributed by atoms with Crippen molar-refractivity contribution in [1.82, 2.24) is 0 Å². The first kappa shape index (κ1) is 11.5. The number of hydrogen-bond acceptors (Lipinski definition) is 0. The van der Waals surface area contributed by atoms with Gasteiger partial charge in [0, 0.05) is 0 Å². The summed E-state index contributed by atoms with van der Waals surface area (Å²) in [6, 6.07) is 3.67. The molecular formula is C9H21ClSi. The molecule has 0 radical (unpaired) electrons. The first-order valence-electron chi connectivity index (χ1n) is 4.52. The number of halogens is 1. The molecule has 0 unspecified atom stereocenters. The average Bonchev–Trinajstić information content (AvgIpc) is 1.84. The van der Waals surface area contributed by atoms with E-state index in [2.05, 4.69) is 34.6 Å². The second-order valence-electron chi connectivity index (χ2n) is 4.60. The van der Waals surface area contributed by atoms with Gasteiger partial charge in [-0.05, 0) is 23.5 Å². The van der Waals surface area contributed by atoms with Crippen LogP contribution >= 0.6 is 11.1 Å². The van der Waals surface area contributed by atoms with E-state index in [1.54, 1.807) is 0 Å². The summed E-state index contributed by atoms with van der Waals surface area (Å²) in [5, 5.41) is 0. The summed E-state index contributed by atoms with van der Waals surface area (Å²) in [4.78, 5) is 0. The fourth-order valence-electron chi connectivity index (χ4n) is 1.45. The van der Waals surface area contributed by atoms with Crippen molar-refractivity contribution in [1.29, 1.82) is 0 Å². The van der Waals surface area contributed by atoms with Gasteiger partial charge in [0.15, 0.2) is 7.38 Å². The Morgan fingerprint density at radius 3 is 1.55 bits per heavy atom. The molecule has 68 valence electrons. The van der Waals surface area contributed by atoms with Crippen LogP contribution in [0.1, 0.15) is 34.6 Å². The molecule has 0 atom stereocenters. The summed E-state index contributed by atoms with van der Waals surface area (Å²) < 4.78 is 0. The van der Waals surface area contributed by atoms with Gasteiger partial charge in [-0.2, -0.15) is 11.1 Å². The highest BCUT2D eigenvalue weighted by atomic mass is 35.6. The Morgan fingerprint density at radius 2 is 1.45 bits per heavy atom. The molecule has 11 heavy (non-hydrogen) atoms. The topological polar surface area (TPSA) is 0 Å². The average molecular weight is 193 g/mol. The first-order valence-corrected chi connectivity index (χ1v) is 8.15. The van der Waals surface area contributed by atoms with Gasteiger partial charge in [0.2, 0.25) is 0 Å². The van der Waals surface area contributed by atoms with Crippen molar-refractivity contribution in [2.75, 3.05) is 0 Å². The lowest BCUT2D eigenvalue weighted by Gasteiger charge is -2.29. The van der Waals surface area contributed by atoms with Crippen LogP contribution in [0.3, 0.4) is 0 Å². The molecule has 0 aliphatic rings. The molecule has 2 heteroatoms. The predicted octanol–water partition coefficient (Wildman–Crippen LogP) is 4.26. The van der Waals surface area contributed by atoms with Gasteiger partial charge >= 0.3 is 0 Å². The molecule has 0 heterocycles. The maximum absolute atomic E-state index is 6.53. The second kappa shape index (κ2) is 3.95. The van der Waals surface area contributed by atoms with Crippen LogP contribution in [0.2, 0.25) is 18.1 Å². The molecular weight excluding hydrogens is 172 g/mol. The largest absolute Gasteiger partial charge is 0.167 e. The molecule has 0 saturated carbocycles. The van der Waals surface area contributed by atoms with Gasteiger partial charge in [-0.25, -0.2) is 0 Å². The minimum absolute atomic E-state index is 0.417. The van der Waals surface area contributed by atoms with E-state index in [1.807, 2.05) is 0 Å². The minimum Gasteiger partial charge on any atom is -0.167 e. The van der Waals surface area contributed by atoms with Crippen LogP contribution in [0.25, 0.3) is 0 Å². The third kappa shape index (κ3) is 4.86. The van der Waals surface area contributed by atoms with Crippen LogP contribution in [0.5, 0.6) is 0 Å². The highest BCUT2D eigenvalue weighted by Crippen LogP contribution is 2.34. The summed E-state index contributed by atoms with van der Waals surface area (Å²) in [5.74, 6) is 0. The van der Waals surface area contributed by atoms with Crippen molar-refractivity contribution in [3.8, 4) is 0 Å². The van der Waals surface area contributed by atoms with Crippen molar-refractivity contribution in [2.45, 2.75) is 52.8 Å². The van der Waals surface area contributed by atoms with E-state index in [-0.39, 0.29) is 0 Å². The van der Waals surface area contributed by atoms with Crippen LogP contribution in [0.15, 0.2) is 0 Å². The molecule has 0 aromatic heterocycles. The second-order valence-corrected chi connectivity index (χ2v) is 11.1. The van der Waals surface area contributed by atoms with Gasteiger partial charge < -0.3 is 0 Å². The fraction of sp³-hybridized carbons (Fsp3) is 1.00. The normalized spacial score (nSPS) is 13.6. The molecule has 0 aromatic rings. The van der Waals surface area contributed by atoms with Crippen LogP contribution in [-0.4, -0.2) is 7.38 Å². The molecule has 0 amide bonds. The van der Waals surface area contributed by atoms with E-state index >= 15 is 0 Å². The molecule has 0 saturated heterocycles. The van der Waals surface area contributed by atoms with Crippen molar-refractivity contribution < 1.29 is 0 Å². The lowest BCUT2D eigenvalue weighted by atomic mass is 10.0. The predicted molar refractivity (Wildman–Crippen MR) is 56.8 cm³/mol. The zero-order valence-electron chi connectivity index (χ0n) is 8.50. The van der Waals surface area contributed by atoms with E-state index in [0.29, 0.717) is 5.41 Å². The van der Waals surface area contributed by atoms with E-state index in [9.17, 15) is 0 Å². The Morgan fingerprint density at radius 1 is 1.09 bits per heavy atom. The van der Waals surface area contributed by atoms with Gasteiger partial charge in [-0.3, -0.25) is 0 Å². The highest BCUT2D eigenvalue weighted by Gasteiger charge is 2.31. The Kier molecular flexibility index (Phi) is 4.13. The maximum atomic E-state index is 6.53. The van der Waals surface area contributed by atoms with Gasteiger partial charge in [0.25, 0.3) is 0 Å². The van der Waals surface area contributed by atoms with Gasteiger partial charge in [-0.1, -0.05) is 34.6 Å². The zero-order chi connectivity index (χ0) is 9.12. The lowest BCUT2D eigenvalue weighted by molar-refractivity contribution is 0.461. The summed E-state index contributed by atoms with van der Waals surface area (Å²) in [5.41, 5.74) is 0.417.